The van der Waals surface area contributed by atoms with Gasteiger partial charge in [-0.2, -0.15) is 0 Å². The lowest BCUT2D eigenvalue weighted by molar-refractivity contribution is 0.120. The molecular weight excluding hydrogens is 175 g/mol. The highest BCUT2D eigenvalue weighted by Crippen LogP contribution is 2.55. The maximum Gasteiger partial charge on any atom is 0.230 e. The van der Waals surface area contributed by atoms with Crippen LogP contribution in [0, 0.1) is 0 Å². The van der Waals surface area contributed by atoms with E-state index in [1.807, 2.05) is 13.8 Å². The average molecular weight is 194 g/mol. The van der Waals surface area contributed by atoms with E-state index in [1.54, 1.807) is 0 Å². The van der Waals surface area contributed by atoms with Crippen molar-refractivity contribution in [3.8, 4) is 0 Å². The van der Waals surface area contributed by atoms with E-state index in [1.165, 1.54) is 20.5 Å². The zero-order valence-corrected chi connectivity index (χ0v) is 9.39. The Morgan fingerprint density at radius 1 is 1.58 bits per heavy atom. The van der Waals surface area contributed by atoms with Crippen molar-refractivity contribution in [2.24, 2.45) is 0 Å². The van der Waals surface area contributed by atoms with Crippen molar-refractivity contribution >= 4 is 7.37 Å². The van der Waals surface area contributed by atoms with Gasteiger partial charge >= 0.3 is 0 Å². The minimum atomic E-state index is -2.89. The second-order valence-corrected chi connectivity index (χ2v) is 6.66. The van der Waals surface area contributed by atoms with Gasteiger partial charge in [-0.15, -0.1) is 0 Å². The molecule has 74 valence electrons. The standard InChI is InChI=1S/C8H19O3P/c1-6-7(2)11-12(5,10)8(3,4)9/h7,9H,6H2,1-5H3. The fraction of sp³-hybridized carbons (Fsp3) is 1.00. The monoisotopic (exact) mass is 194 g/mol. The molecule has 0 saturated carbocycles. The molecular formula is C8H19O3P. The first kappa shape index (κ1) is 12.2. The summed E-state index contributed by atoms with van der Waals surface area (Å²) in [6.45, 7) is 8.29. The van der Waals surface area contributed by atoms with Crippen molar-refractivity contribution in [1.82, 2.24) is 0 Å². The summed E-state index contributed by atoms with van der Waals surface area (Å²) < 4.78 is 17.0. The van der Waals surface area contributed by atoms with Gasteiger partial charge in [0.2, 0.25) is 7.37 Å². The third kappa shape index (κ3) is 3.26. The predicted octanol–water partition coefficient (Wildman–Crippen LogP) is 2.44. The summed E-state index contributed by atoms with van der Waals surface area (Å²) in [4.78, 5) is 0. The van der Waals surface area contributed by atoms with E-state index >= 15 is 0 Å². The van der Waals surface area contributed by atoms with Gasteiger partial charge in [0.05, 0.1) is 6.10 Å². The topological polar surface area (TPSA) is 46.5 Å². The van der Waals surface area contributed by atoms with E-state index in [0.29, 0.717) is 0 Å². The SMILES string of the molecule is CCC(C)OP(C)(=O)C(C)(C)O. The Hall–Kier alpha value is 0.150. The molecule has 0 fully saturated rings. The predicted molar refractivity (Wildman–Crippen MR) is 50.7 cm³/mol. The summed E-state index contributed by atoms with van der Waals surface area (Å²) in [5.41, 5.74) is 0. The van der Waals surface area contributed by atoms with Gasteiger partial charge in [-0.25, -0.2) is 0 Å². The molecule has 2 atom stereocenters. The number of rotatable bonds is 4. The highest BCUT2D eigenvalue weighted by molar-refractivity contribution is 7.59. The first-order valence-electron chi connectivity index (χ1n) is 4.19. The molecule has 0 aliphatic rings. The Morgan fingerprint density at radius 2 is 2.00 bits per heavy atom. The molecule has 0 heterocycles. The summed E-state index contributed by atoms with van der Waals surface area (Å²) in [5, 5.41) is 8.26. The fourth-order valence-corrected chi connectivity index (χ4v) is 1.64. The van der Waals surface area contributed by atoms with Gasteiger partial charge in [0.1, 0.15) is 5.34 Å². The average Bonchev–Trinajstić information content (AvgIpc) is 1.84. The molecule has 0 spiro atoms. The first-order chi connectivity index (χ1) is 5.20. The maximum atomic E-state index is 11.7. The molecule has 2 unspecified atom stereocenters. The van der Waals surface area contributed by atoms with Gasteiger partial charge in [0.15, 0.2) is 0 Å². The number of hydrogen-bond acceptors (Lipinski definition) is 3. The highest BCUT2D eigenvalue weighted by Gasteiger charge is 2.36. The van der Waals surface area contributed by atoms with Crippen molar-refractivity contribution in [2.45, 2.75) is 45.6 Å². The van der Waals surface area contributed by atoms with E-state index < -0.39 is 12.7 Å². The van der Waals surface area contributed by atoms with Crippen LogP contribution in [0.25, 0.3) is 0 Å². The van der Waals surface area contributed by atoms with E-state index in [0.717, 1.165) is 6.42 Å². The van der Waals surface area contributed by atoms with Gasteiger partial charge in [0, 0.05) is 6.66 Å². The molecule has 0 radical (unpaired) electrons. The Bertz CT molecular complexity index is 183. The van der Waals surface area contributed by atoms with Crippen LogP contribution in [-0.2, 0) is 9.09 Å². The second-order valence-electron chi connectivity index (χ2n) is 3.66. The number of aliphatic hydroxyl groups is 1. The smallest absolute Gasteiger partial charge is 0.230 e. The van der Waals surface area contributed by atoms with Crippen LogP contribution < -0.4 is 0 Å². The van der Waals surface area contributed by atoms with Gasteiger partial charge < -0.3 is 9.63 Å². The summed E-state index contributed by atoms with van der Waals surface area (Å²) in [7, 11) is -2.89. The summed E-state index contributed by atoms with van der Waals surface area (Å²) in [6.07, 6.45) is 0.737. The molecule has 12 heavy (non-hydrogen) atoms. The Kier molecular flexibility index (Phi) is 3.95. The molecule has 0 aliphatic carbocycles. The normalized spacial score (nSPS) is 20.2. The second kappa shape index (κ2) is 3.91. The molecule has 4 heteroatoms. The van der Waals surface area contributed by atoms with E-state index in [4.69, 9.17) is 4.52 Å². The third-order valence-corrected chi connectivity index (χ3v) is 4.70. The summed E-state index contributed by atoms with van der Waals surface area (Å²) in [5.74, 6) is 0. The molecule has 0 aromatic heterocycles. The van der Waals surface area contributed by atoms with Gasteiger partial charge in [-0.05, 0) is 27.2 Å². The lowest BCUT2D eigenvalue weighted by Crippen LogP contribution is -2.22. The largest absolute Gasteiger partial charge is 0.380 e. The van der Waals surface area contributed by atoms with Crippen LogP contribution in [0.4, 0.5) is 0 Å². The van der Waals surface area contributed by atoms with Crippen molar-refractivity contribution < 1.29 is 14.2 Å². The molecule has 0 aromatic rings. The van der Waals surface area contributed by atoms with Crippen LogP contribution in [0.15, 0.2) is 0 Å². The van der Waals surface area contributed by atoms with Crippen molar-refractivity contribution in [2.75, 3.05) is 6.66 Å². The molecule has 0 aromatic carbocycles. The number of hydrogen-bond donors (Lipinski definition) is 1. The maximum absolute atomic E-state index is 11.7. The van der Waals surface area contributed by atoms with Crippen molar-refractivity contribution in [3.63, 3.8) is 0 Å². The minimum absolute atomic E-state index is 0.0627. The molecule has 0 bridgehead atoms. The summed E-state index contributed by atoms with van der Waals surface area (Å²) in [6, 6.07) is 0. The summed E-state index contributed by atoms with van der Waals surface area (Å²) >= 11 is 0. The Labute approximate surface area is 74.6 Å². The quantitative estimate of drug-likeness (QED) is 0.699. The molecule has 0 amide bonds. The lowest BCUT2D eigenvalue weighted by atomic mass is 10.3. The van der Waals surface area contributed by atoms with E-state index in [9.17, 15) is 9.67 Å². The van der Waals surface area contributed by atoms with Crippen LogP contribution in [0.3, 0.4) is 0 Å². The molecule has 0 aliphatic heterocycles. The Balaban J connectivity index is 4.34. The van der Waals surface area contributed by atoms with Crippen LogP contribution >= 0.6 is 7.37 Å². The zero-order valence-electron chi connectivity index (χ0n) is 8.50. The fourth-order valence-electron chi connectivity index (χ4n) is 0.547. The van der Waals surface area contributed by atoms with Crippen molar-refractivity contribution in [1.29, 1.82) is 0 Å². The van der Waals surface area contributed by atoms with Gasteiger partial charge in [0.25, 0.3) is 0 Å². The molecule has 0 rings (SSSR count). The van der Waals surface area contributed by atoms with Gasteiger partial charge in [-0.1, -0.05) is 6.92 Å². The van der Waals surface area contributed by atoms with Crippen LogP contribution in [0.5, 0.6) is 0 Å². The van der Waals surface area contributed by atoms with Crippen LogP contribution in [-0.4, -0.2) is 23.2 Å². The van der Waals surface area contributed by atoms with E-state index in [-0.39, 0.29) is 6.10 Å². The molecule has 1 N–H and O–H groups in total. The zero-order chi connectivity index (χ0) is 9.99. The van der Waals surface area contributed by atoms with Crippen molar-refractivity contribution in [3.05, 3.63) is 0 Å². The van der Waals surface area contributed by atoms with Crippen LogP contribution in [0.1, 0.15) is 34.1 Å². The minimum Gasteiger partial charge on any atom is -0.380 e. The van der Waals surface area contributed by atoms with E-state index in [2.05, 4.69) is 0 Å². The highest BCUT2D eigenvalue weighted by atomic mass is 31.2. The third-order valence-electron chi connectivity index (χ3n) is 1.95. The molecule has 0 saturated heterocycles. The van der Waals surface area contributed by atoms with Gasteiger partial charge in [-0.3, -0.25) is 4.57 Å². The lowest BCUT2D eigenvalue weighted by Gasteiger charge is -2.28. The Morgan fingerprint density at radius 3 is 2.25 bits per heavy atom. The van der Waals surface area contributed by atoms with Crippen LogP contribution in [0.2, 0.25) is 0 Å². The first-order valence-corrected chi connectivity index (χ1v) is 6.26. The molecule has 3 nitrogen and oxygen atoms in total.